The van der Waals surface area contributed by atoms with E-state index in [1.165, 1.54) is 0 Å². The lowest BCUT2D eigenvalue weighted by Gasteiger charge is -2.12. The number of fused-ring (bicyclic) bond motifs is 3. The Morgan fingerprint density at radius 1 is 1.04 bits per heavy atom. The van der Waals surface area contributed by atoms with Crippen LogP contribution in [0.4, 0.5) is 5.82 Å². The summed E-state index contributed by atoms with van der Waals surface area (Å²) >= 11 is 0. The highest BCUT2D eigenvalue weighted by Crippen LogP contribution is 2.32. The maximum Gasteiger partial charge on any atom is 0.152 e. The fraction of sp³-hybridized carbons (Fsp3) is 0.238. The van der Waals surface area contributed by atoms with Crippen LogP contribution >= 0.6 is 0 Å². The van der Waals surface area contributed by atoms with Gasteiger partial charge in [-0.1, -0.05) is 56.3 Å². The second-order valence-corrected chi connectivity index (χ2v) is 6.98. The van der Waals surface area contributed by atoms with E-state index in [-0.39, 0.29) is 6.61 Å². The molecule has 0 aliphatic heterocycles. The van der Waals surface area contributed by atoms with Crippen LogP contribution in [-0.4, -0.2) is 19.6 Å². The number of imidazole rings is 1. The zero-order chi connectivity index (χ0) is 18.3. The van der Waals surface area contributed by atoms with Crippen LogP contribution in [0.3, 0.4) is 0 Å². The minimum absolute atomic E-state index is 0.121. The van der Waals surface area contributed by atoms with Crippen molar-refractivity contribution in [3.63, 3.8) is 0 Å². The molecule has 2 aromatic heterocycles. The number of benzene rings is 2. The normalized spacial score (nSPS) is 11.7. The monoisotopic (exact) mass is 346 g/mol. The summed E-state index contributed by atoms with van der Waals surface area (Å²) in [6.45, 7) is 4.94. The summed E-state index contributed by atoms with van der Waals surface area (Å²) in [5.74, 6) is 1.45. The molecule has 4 aromatic rings. The predicted molar refractivity (Wildman–Crippen MR) is 106 cm³/mol. The van der Waals surface area contributed by atoms with Crippen LogP contribution in [0, 0.1) is 5.92 Å². The highest BCUT2D eigenvalue weighted by molar-refractivity contribution is 6.07. The number of nitrogens with two attached hydrogens (primary N) is 1. The average molecular weight is 346 g/mol. The molecule has 3 N–H and O–H groups in total. The summed E-state index contributed by atoms with van der Waals surface area (Å²) in [7, 11) is 0. The van der Waals surface area contributed by atoms with Gasteiger partial charge >= 0.3 is 0 Å². The molecule has 0 fully saturated rings. The molecule has 0 spiro atoms. The molecule has 0 radical (unpaired) electrons. The zero-order valence-corrected chi connectivity index (χ0v) is 15.0. The molecular formula is C21H22N4O. The van der Waals surface area contributed by atoms with E-state index < -0.39 is 0 Å². The number of nitrogens with zero attached hydrogens (tertiary/aromatic N) is 3. The molecule has 26 heavy (non-hydrogen) atoms. The lowest BCUT2D eigenvalue weighted by molar-refractivity contribution is 0.264. The molecule has 0 saturated carbocycles. The second kappa shape index (κ2) is 6.42. The van der Waals surface area contributed by atoms with Gasteiger partial charge in [0.2, 0.25) is 0 Å². The van der Waals surface area contributed by atoms with Crippen LogP contribution in [-0.2, 0) is 13.2 Å². The molecule has 0 unspecified atom stereocenters. The Kier molecular flexibility index (Phi) is 4.09. The number of nitrogen functional groups attached to an aromatic ring is 1. The summed E-state index contributed by atoms with van der Waals surface area (Å²) in [5, 5.41) is 10.7. The van der Waals surface area contributed by atoms with Crippen molar-refractivity contribution < 1.29 is 5.11 Å². The average Bonchev–Trinajstić information content (AvgIpc) is 3.01. The van der Waals surface area contributed by atoms with Crippen LogP contribution in [0.5, 0.6) is 0 Å². The largest absolute Gasteiger partial charge is 0.388 e. The number of hydrogen-bond donors (Lipinski definition) is 2. The number of hydrogen-bond acceptors (Lipinski definition) is 4. The fourth-order valence-electron chi connectivity index (χ4n) is 3.45. The molecule has 2 aromatic carbocycles. The first-order valence-corrected chi connectivity index (χ1v) is 8.83. The van der Waals surface area contributed by atoms with Crippen molar-refractivity contribution in [3.05, 3.63) is 54.4 Å². The molecule has 132 valence electrons. The standard InChI is InChI=1S/C21H22N4O/c1-13(2)11-25-18(12-26)24-19-20(25)16-9-8-15(10-17(16)23-21(19)22)14-6-4-3-5-7-14/h3-10,13,26H,11-12H2,1-2H3,(H2,22,23). The molecule has 0 aliphatic rings. The van der Waals surface area contributed by atoms with Crippen molar-refractivity contribution in [2.24, 2.45) is 5.92 Å². The molecule has 0 bridgehead atoms. The van der Waals surface area contributed by atoms with Gasteiger partial charge in [0.1, 0.15) is 17.9 Å². The van der Waals surface area contributed by atoms with Crippen LogP contribution < -0.4 is 5.73 Å². The van der Waals surface area contributed by atoms with Gasteiger partial charge in [-0.3, -0.25) is 0 Å². The van der Waals surface area contributed by atoms with Crippen LogP contribution in [0.2, 0.25) is 0 Å². The van der Waals surface area contributed by atoms with Crippen molar-refractivity contribution in [2.45, 2.75) is 27.0 Å². The number of pyridine rings is 1. The Morgan fingerprint density at radius 3 is 2.50 bits per heavy atom. The van der Waals surface area contributed by atoms with E-state index in [1.54, 1.807) is 0 Å². The SMILES string of the molecule is CC(C)Cn1c(CO)nc2c(N)nc3cc(-c4ccccc4)ccc3c21. The van der Waals surface area contributed by atoms with Crippen LogP contribution in [0.15, 0.2) is 48.5 Å². The molecule has 4 rings (SSSR count). The Morgan fingerprint density at radius 2 is 1.81 bits per heavy atom. The highest BCUT2D eigenvalue weighted by atomic mass is 16.3. The van der Waals surface area contributed by atoms with Crippen molar-refractivity contribution in [3.8, 4) is 11.1 Å². The molecule has 0 saturated heterocycles. The van der Waals surface area contributed by atoms with Gasteiger partial charge in [-0.25, -0.2) is 9.97 Å². The Bertz CT molecular complexity index is 1080. The van der Waals surface area contributed by atoms with Gasteiger partial charge in [0.25, 0.3) is 0 Å². The van der Waals surface area contributed by atoms with Crippen molar-refractivity contribution in [1.82, 2.24) is 14.5 Å². The third-order valence-electron chi connectivity index (χ3n) is 4.58. The van der Waals surface area contributed by atoms with Crippen molar-refractivity contribution in [2.75, 3.05) is 5.73 Å². The van der Waals surface area contributed by atoms with E-state index in [4.69, 9.17) is 5.73 Å². The van der Waals surface area contributed by atoms with E-state index in [1.807, 2.05) is 18.2 Å². The van der Waals surface area contributed by atoms with Gasteiger partial charge in [-0.05, 0) is 23.1 Å². The van der Waals surface area contributed by atoms with Gasteiger partial charge in [0, 0.05) is 11.9 Å². The summed E-state index contributed by atoms with van der Waals surface area (Å²) in [6, 6.07) is 16.4. The van der Waals surface area contributed by atoms with E-state index in [2.05, 4.69) is 58.7 Å². The van der Waals surface area contributed by atoms with E-state index >= 15 is 0 Å². The number of anilines is 1. The molecule has 5 heteroatoms. The van der Waals surface area contributed by atoms with Gasteiger partial charge in [-0.15, -0.1) is 0 Å². The third-order valence-corrected chi connectivity index (χ3v) is 4.58. The first kappa shape index (κ1) is 16.5. The molecule has 2 heterocycles. The highest BCUT2D eigenvalue weighted by Gasteiger charge is 2.17. The lowest BCUT2D eigenvalue weighted by atomic mass is 10.0. The van der Waals surface area contributed by atoms with Crippen LogP contribution in [0.25, 0.3) is 33.1 Å². The number of aliphatic hydroxyl groups is 1. The van der Waals surface area contributed by atoms with Gasteiger partial charge < -0.3 is 15.4 Å². The Labute approximate surface area is 152 Å². The quantitative estimate of drug-likeness (QED) is 0.586. The summed E-state index contributed by atoms with van der Waals surface area (Å²) in [6.07, 6.45) is 0. The minimum atomic E-state index is -0.121. The summed E-state index contributed by atoms with van der Waals surface area (Å²) in [5.41, 5.74) is 10.9. The maximum atomic E-state index is 9.74. The Balaban J connectivity index is 2.01. The predicted octanol–water partition coefficient (Wildman–Crippen LogP) is 3.98. The van der Waals surface area contributed by atoms with Crippen molar-refractivity contribution >= 4 is 27.8 Å². The molecule has 0 aliphatic carbocycles. The Hall–Kier alpha value is -2.92. The third kappa shape index (κ3) is 2.70. The summed E-state index contributed by atoms with van der Waals surface area (Å²) < 4.78 is 2.07. The molecule has 0 atom stereocenters. The number of aromatic nitrogens is 3. The van der Waals surface area contributed by atoms with E-state index in [0.717, 1.165) is 34.1 Å². The smallest absolute Gasteiger partial charge is 0.152 e. The number of aliphatic hydroxyl groups excluding tert-OH is 1. The molecule has 5 nitrogen and oxygen atoms in total. The maximum absolute atomic E-state index is 9.74. The van der Waals surface area contributed by atoms with Gasteiger partial charge in [-0.2, -0.15) is 0 Å². The lowest BCUT2D eigenvalue weighted by Crippen LogP contribution is -2.09. The first-order chi connectivity index (χ1) is 12.6. The van der Waals surface area contributed by atoms with Gasteiger partial charge in [0.15, 0.2) is 5.82 Å². The fourth-order valence-corrected chi connectivity index (χ4v) is 3.45. The van der Waals surface area contributed by atoms with Gasteiger partial charge in [0.05, 0.1) is 11.0 Å². The van der Waals surface area contributed by atoms with E-state index in [9.17, 15) is 5.11 Å². The molecule has 0 amide bonds. The second-order valence-electron chi connectivity index (χ2n) is 6.98. The first-order valence-electron chi connectivity index (χ1n) is 8.83. The molecular weight excluding hydrogens is 324 g/mol. The zero-order valence-electron chi connectivity index (χ0n) is 15.0. The van der Waals surface area contributed by atoms with Crippen molar-refractivity contribution in [1.29, 1.82) is 0 Å². The minimum Gasteiger partial charge on any atom is -0.388 e. The topological polar surface area (TPSA) is 77.0 Å². The summed E-state index contributed by atoms with van der Waals surface area (Å²) in [4.78, 5) is 9.12. The number of rotatable bonds is 4. The van der Waals surface area contributed by atoms with Crippen LogP contribution in [0.1, 0.15) is 19.7 Å². The van der Waals surface area contributed by atoms with E-state index in [0.29, 0.717) is 23.1 Å².